The van der Waals surface area contributed by atoms with Crippen molar-refractivity contribution < 1.29 is 19.4 Å². The molecule has 2 heterocycles. The average Bonchev–Trinajstić information content (AvgIpc) is 3.37. The van der Waals surface area contributed by atoms with Crippen molar-refractivity contribution in [3.05, 3.63) is 0 Å². The predicted octanol–water partition coefficient (Wildman–Crippen LogP) is 2.08. The molecular formula is C21H37N3O4. The molecule has 1 N–H and O–H groups in total. The molecule has 0 radical (unpaired) electrons. The zero-order chi connectivity index (χ0) is 20.5. The molecule has 2 unspecified atom stereocenters. The van der Waals surface area contributed by atoms with E-state index in [2.05, 4.69) is 4.90 Å². The summed E-state index contributed by atoms with van der Waals surface area (Å²) in [6, 6.07) is -0.0622. The van der Waals surface area contributed by atoms with Gasteiger partial charge in [-0.05, 0) is 71.9 Å². The maximum Gasteiger partial charge on any atom is 0.410 e. The van der Waals surface area contributed by atoms with Crippen molar-refractivity contribution >= 4 is 12.0 Å². The first-order chi connectivity index (χ1) is 13.1. The van der Waals surface area contributed by atoms with Crippen LogP contribution in [0.1, 0.15) is 59.8 Å². The third kappa shape index (κ3) is 5.17. The quantitative estimate of drug-likeness (QED) is 0.789. The maximum atomic E-state index is 12.5. The normalized spacial score (nSPS) is 28.4. The molecule has 7 heteroatoms. The van der Waals surface area contributed by atoms with Crippen LogP contribution in [0.2, 0.25) is 0 Å². The summed E-state index contributed by atoms with van der Waals surface area (Å²) in [5.74, 6) is 0.105. The summed E-state index contributed by atoms with van der Waals surface area (Å²) in [5.41, 5.74) is -0.303. The van der Waals surface area contributed by atoms with E-state index in [4.69, 9.17) is 4.74 Å². The Labute approximate surface area is 169 Å². The number of rotatable bonds is 4. The molecule has 1 spiro atoms. The minimum Gasteiger partial charge on any atom is -0.444 e. The smallest absolute Gasteiger partial charge is 0.410 e. The van der Waals surface area contributed by atoms with Crippen LogP contribution in [0.25, 0.3) is 0 Å². The summed E-state index contributed by atoms with van der Waals surface area (Å²) < 4.78 is 5.49. The third-order valence-electron chi connectivity index (χ3n) is 6.42. The van der Waals surface area contributed by atoms with Crippen molar-refractivity contribution in [2.75, 3.05) is 39.3 Å². The van der Waals surface area contributed by atoms with Crippen molar-refractivity contribution in [1.29, 1.82) is 0 Å². The van der Waals surface area contributed by atoms with Gasteiger partial charge in [0.25, 0.3) is 0 Å². The van der Waals surface area contributed by atoms with E-state index < -0.39 is 5.60 Å². The van der Waals surface area contributed by atoms with Crippen LogP contribution >= 0.6 is 0 Å². The van der Waals surface area contributed by atoms with E-state index in [1.807, 2.05) is 32.6 Å². The number of hydrogen-bond donors (Lipinski definition) is 1. The monoisotopic (exact) mass is 395 g/mol. The first-order valence-corrected chi connectivity index (χ1v) is 10.8. The van der Waals surface area contributed by atoms with Gasteiger partial charge in [-0.25, -0.2) is 4.79 Å². The van der Waals surface area contributed by atoms with E-state index in [0.717, 1.165) is 32.5 Å². The Bertz CT molecular complexity index is 585. The van der Waals surface area contributed by atoms with Crippen LogP contribution in [0.5, 0.6) is 0 Å². The fraction of sp³-hybridized carbons (Fsp3) is 0.905. The lowest BCUT2D eigenvalue weighted by Gasteiger charge is -2.36. The second-order valence-electron chi connectivity index (χ2n) is 9.89. The lowest BCUT2D eigenvalue weighted by atomic mass is 9.90. The zero-order valence-electron chi connectivity index (χ0n) is 17.9. The summed E-state index contributed by atoms with van der Waals surface area (Å²) in [4.78, 5) is 30.9. The van der Waals surface area contributed by atoms with Crippen LogP contribution in [-0.4, -0.2) is 88.8 Å². The van der Waals surface area contributed by atoms with Crippen molar-refractivity contribution in [3.8, 4) is 0 Å². The van der Waals surface area contributed by atoms with Gasteiger partial charge in [-0.3, -0.25) is 4.79 Å². The molecule has 28 heavy (non-hydrogen) atoms. The van der Waals surface area contributed by atoms with Gasteiger partial charge in [-0.2, -0.15) is 0 Å². The van der Waals surface area contributed by atoms with Crippen molar-refractivity contribution in [3.63, 3.8) is 0 Å². The Morgan fingerprint density at radius 3 is 2.50 bits per heavy atom. The third-order valence-corrected chi connectivity index (χ3v) is 6.42. The second-order valence-corrected chi connectivity index (χ2v) is 9.89. The van der Waals surface area contributed by atoms with Crippen LogP contribution in [0.3, 0.4) is 0 Å². The Kier molecular flexibility index (Phi) is 6.25. The van der Waals surface area contributed by atoms with E-state index in [1.165, 1.54) is 12.8 Å². The minimum atomic E-state index is -0.537. The van der Waals surface area contributed by atoms with E-state index in [9.17, 15) is 14.7 Å². The van der Waals surface area contributed by atoms with Gasteiger partial charge in [0.15, 0.2) is 0 Å². The number of nitrogens with zero attached hydrogens (tertiary/aromatic N) is 3. The fourth-order valence-electron chi connectivity index (χ4n) is 4.43. The molecule has 2 saturated heterocycles. The number of β-amino-alcohol motifs (C(OH)–C–C–N with tert-alkyl or cyclic N) is 1. The molecule has 1 aliphatic carbocycles. The van der Waals surface area contributed by atoms with Crippen molar-refractivity contribution in [1.82, 2.24) is 14.7 Å². The Balaban J connectivity index is 1.45. The van der Waals surface area contributed by atoms with E-state index in [1.54, 1.807) is 4.90 Å². The van der Waals surface area contributed by atoms with Crippen molar-refractivity contribution in [2.45, 2.75) is 77.5 Å². The van der Waals surface area contributed by atoms with Crippen LogP contribution < -0.4 is 0 Å². The molecule has 0 aromatic rings. The minimum absolute atomic E-state index is 0.0622. The topological polar surface area (TPSA) is 73.3 Å². The summed E-state index contributed by atoms with van der Waals surface area (Å²) >= 11 is 0. The number of aliphatic hydroxyl groups is 1. The summed E-state index contributed by atoms with van der Waals surface area (Å²) in [7, 11) is 0. The zero-order valence-corrected chi connectivity index (χ0v) is 17.9. The Hall–Kier alpha value is -1.34. The molecule has 2 atom stereocenters. The highest BCUT2D eigenvalue weighted by Crippen LogP contribution is 2.53. The number of carbonyl (C=O) groups is 2. The van der Waals surface area contributed by atoms with Gasteiger partial charge in [-0.1, -0.05) is 0 Å². The van der Waals surface area contributed by atoms with Crippen LogP contribution in [0, 0.1) is 5.41 Å². The summed E-state index contributed by atoms with van der Waals surface area (Å²) in [6.45, 7) is 11.9. The molecule has 2 aliphatic heterocycles. The number of piperidine rings is 1. The highest BCUT2D eigenvalue weighted by Gasteiger charge is 2.51. The maximum absolute atomic E-state index is 12.5. The molecule has 0 bridgehead atoms. The Morgan fingerprint density at radius 2 is 1.89 bits per heavy atom. The van der Waals surface area contributed by atoms with Gasteiger partial charge in [0.2, 0.25) is 5.91 Å². The first kappa shape index (κ1) is 21.4. The number of hydrogen-bond acceptors (Lipinski definition) is 5. The van der Waals surface area contributed by atoms with E-state index in [-0.39, 0.29) is 29.6 Å². The van der Waals surface area contributed by atoms with Crippen molar-refractivity contribution in [2.24, 2.45) is 5.41 Å². The number of likely N-dealkylation sites (tertiary alicyclic amines) is 1. The lowest BCUT2D eigenvalue weighted by Crippen LogP contribution is -2.46. The summed E-state index contributed by atoms with van der Waals surface area (Å²) in [6.07, 6.45) is 4.15. The van der Waals surface area contributed by atoms with Gasteiger partial charge in [0.1, 0.15) is 5.60 Å². The molecular weight excluding hydrogens is 358 g/mol. The van der Waals surface area contributed by atoms with E-state index in [0.29, 0.717) is 26.1 Å². The van der Waals surface area contributed by atoms with Crippen LogP contribution in [0.4, 0.5) is 4.79 Å². The predicted molar refractivity (Wildman–Crippen MR) is 107 cm³/mol. The van der Waals surface area contributed by atoms with Crippen LogP contribution in [-0.2, 0) is 9.53 Å². The highest BCUT2D eigenvalue weighted by molar-refractivity contribution is 5.78. The molecule has 3 rings (SSSR count). The molecule has 1 saturated carbocycles. The summed E-state index contributed by atoms with van der Waals surface area (Å²) in [5, 5.41) is 10.3. The molecule has 160 valence electrons. The van der Waals surface area contributed by atoms with Gasteiger partial charge >= 0.3 is 6.09 Å². The highest BCUT2D eigenvalue weighted by atomic mass is 16.6. The lowest BCUT2D eigenvalue weighted by molar-refractivity contribution is -0.130. The molecule has 3 aliphatic rings. The SMILES string of the molecule is CC1CN(CCCN2CCC3(CC3)C(O)C2)C(=O)CCN1C(=O)OC(C)(C)C. The standard InChI is InChI=1S/C21H37N3O4/c1-16-14-23(18(26)6-12-24(16)19(27)28-20(2,3)4)11-5-10-22-13-9-21(7-8-21)17(25)15-22/h16-17,25H,5-15H2,1-4H3. The largest absolute Gasteiger partial charge is 0.444 e. The van der Waals surface area contributed by atoms with E-state index >= 15 is 0 Å². The molecule has 3 fully saturated rings. The molecule has 2 amide bonds. The second kappa shape index (κ2) is 8.19. The number of ether oxygens (including phenoxy) is 1. The number of aliphatic hydroxyl groups excluding tert-OH is 1. The fourth-order valence-corrected chi connectivity index (χ4v) is 4.43. The Morgan fingerprint density at radius 1 is 1.18 bits per heavy atom. The van der Waals surface area contributed by atoms with Crippen LogP contribution in [0.15, 0.2) is 0 Å². The molecule has 7 nitrogen and oxygen atoms in total. The van der Waals surface area contributed by atoms with Gasteiger partial charge < -0.3 is 24.5 Å². The molecule has 0 aromatic heterocycles. The molecule has 0 aromatic carbocycles. The van der Waals surface area contributed by atoms with Gasteiger partial charge in [0, 0.05) is 38.6 Å². The first-order valence-electron chi connectivity index (χ1n) is 10.8. The average molecular weight is 396 g/mol. The van der Waals surface area contributed by atoms with Gasteiger partial charge in [-0.15, -0.1) is 0 Å². The number of carbonyl (C=O) groups excluding carboxylic acids is 2. The number of amides is 2. The van der Waals surface area contributed by atoms with Gasteiger partial charge in [0.05, 0.1) is 6.10 Å².